The monoisotopic (exact) mass is 527 g/mol. The molecule has 2 saturated carbocycles. The second-order valence-electron chi connectivity index (χ2n) is 9.27. The Labute approximate surface area is 216 Å². The summed E-state index contributed by atoms with van der Waals surface area (Å²) in [5.74, 6) is -0.369. The Morgan fingerprint density at radius 1 is 1.16 bits per heavy atom. The van der Waals surface area contributed by atoms with E-state index in [0.29, 0.717) is 35.4 Å². The summed E-state index contributed by atoms with van der Waals surface area (Å²) < 4.78 is 37.8. The Bertz CT molecular complexity index is 1340. The minimum atomic E-state index is -2.84. The fraction of sp³-hybridized carbons (Fsp3) is 0.400. The summed E-state index contributed by atoms with van der Waals surface area (Å²) in [6.07, 6.45) is 6.43. The van der Waals surface area contributed by atoms with Crippen molar-refractivity contribution in [2.45, 2.75) is 50.9 Å². The normalized spacial score (nSPS) is 18.9. The van der Waals surface area contributed by atoms with E-state index in [2.05, 4.69) is 25.9 Å². The molecule has 2 heterocycles. The standard InChI is InChI=1S/C25H27F2N7O4/c1-37-22-15(14-11-29-34(12-14)18-6-3-7-19(18)38-25(26)27)4-2-5-16(22)30-17-10-20(31-24(36)13-8-9-13)32-33-21(17)23(28)35/h2,4-5,10-13,18-19,25H,3,6-9H2,1H3,(H2,28,35)(H2,30,31,32,36)/t18?,19-/m0/s1. The van der Waals surface area contributed by atoms with Gasteiger partial charge in [0.2, 0.25) is 5.91 Å². The van der Waals surface area contributed by atoms with Gasteiger partial charge in [0.1, 0.15) is 5.75 Å². The molecule has 1 unspecified atom stereocenters. The van der Waals surface area contributed by atoms with Crippen LogP contribution in [0, 0.1) is 5.92 Å². The maximum Gasteiger partial charge on any atom is 0.345 e. The molecule has 200 valence electrons. The first-order valence-electron chi connectivity index (χ1n) is 12.2. The van der Waals surface area contributed by atoms with E-state index in [0.717, 1.165) is 19.3 Å². The number of benzene rings is 1. The number of halogens is 2. The average molecular weight is 528 g/mol. The van der Waals surface area contributed by atoms with Gasteiger partial charge in [-0.1, -0.05) is 12.1 Å². The van der Waals surface area contributed by atoms with E-state index < -0.39 is 18.6 Å². The van der Waals surface area contributed by atoms with Gasteiger partial charge in [-0.25, -0.2) is 0 Å². The molecular formula is C25H27F2N7O4. The van der Waals surface area contributed by atoms with Crippen molar-refractivity contribution < 1.29 is 27.8 Å². The van der Waals surface area contributed by atoms with Crippen LogP contribution in [0.1, 0.15) is 48.6 Å². The van der Waals surface area contributed by atoms with Crippen LogP contribution in [0.2, 0.25) is 0 Å². The highest BCUT2D eigenvalue weighted by Crippen LogP contribution is 2.40. The van der Waals surface area contributed by atoms with E-state index in [4.69, 9.17) is 15.2 Å². The van der Waals surface area contributed by atoms with Crippen LogP contribution in [-0.2, 0) is 9.53 Å². The highest BCUT2D eigenvalue weighted by molar-refractivity contribution is 5.99. The lowest BCUT2D eigenvalue weighted by Gasteiger charge is -2.20. The number of ether oxygens (including phenoxy) is 2. The molecule has 2 amide bonds. The van der Waals surface area contributed by atoms with Crippen LogP contribution in [0.3, 0.4) is 0 Å². The molecule has 13 heteroatoms. The van der Waals surface area contributed by atoms with Crippen LogP contribution in [-0.4, -0.2) is 51.6 Å². The molecule has 3 aromatic rings. The molecule has 2 aliphatic carbocycles. The minimum absolute atomic E-state index is 0.0387. The predicted molar refractivity (Wildman–Crippen MR) is 133 cm³/mol. The maximum absolute atomic E-state index is 12.8. The van der Waals surface area contributed by atoms with Crippen LogP contribution in [0.15, 0.2) is 36.7 Å². The van der Waals surface area contributed by atoms with Crippen molar-refractivity contribution in [3.63, 3.8) is 0 Å². The third-order valence-corrected chi connectivity index (χ3v) is 6.66. The van der Waals surface area contributed by atoms with E-state index in [1.807, 2.05) is 6.07 Å². The number of aromatic nitrogens is 4. The number of alkyl halides is 2. The molecule has 0 saturated heterocycles. The summed E-state index contributed by atoms with van der Waals surface area (Å²) in [4.78, 5) is 24.2. The van der Waals surface area contributed by atoms with Gasteiger partial charge in [0, 0.05) is 29.3 Å². The second-order valence-corrected chi connectivity index (χ2v) is 9.27. The molecular weight excluding hydrogens is 500 g/mol. The summed E-state index contributed by atoms with van der Waals surface area (Å²) in [6.45, 7) is -2.84. The summed E-state index contributed by atoms with van der Waals surface area (Å²) in [5.41, 5.74) is 7.51. The molecule has 2 aliphatic rings. The van der Waals surface area contributed by atoms with Crippen LogP contribution in [0.25, 0.3) is 11.1 Å². The van der Waals surface area contributed by atoms with Crippen molar-refractivity contribution in [3.05, 3.63) is 42.4 Å². The van der Waals surface area contributed by atoms with Crippen molar-refractivity contribution in [1.82, 2.24) is 20.0 Å². The molecule has 2 atom stereocenters. The maximum atomic E-state index is 12.8. The number of nitrogens with one attached hydrogen (secondary N) is 2. The van der Waals surface area contributed by atoms with E-state index in [9.17, 15) is 18.4 Å². The Morgan fingerprint density at radius 3 is 2.68 bits per heavy atom. The molecule has 0 radical (unpaired) electrons. The number of methoxy groups -OCH3 is 1. The van der Waals surface area contributed by atoms with Crippen LogP contribution in [0.5, 0.6) is 5.75 Å². The van der Waals surface area contributed by atoms with E-state index in [1.54, 1.807) is 29.2 Å². The van der Waals surface area contributed by atoms with Crippen molar-refractivity contribution in [3.8, 4) is 16.9 Å². The van der Waals surface area contributed by atoms with Gasteiger partial charge in [-0.2, -0.15) is 13.9 Å². The Hall–Kier alpha value is -4.13. The zero-order valence-corrected chi connectivity index (χ0v) is 20.6. The molecule has 11 nitrogen and oxygen atoms in total. The fourth-order valence-corrected chi connectivity index (χ4v) is 4.69. The SMILES string of the molecule is COc1c(Nc2cc(NC(=O)C3CC3)nnc2C(N)=O)cccc1-c1cnn(C2CCC[C@@H]2OC(F)F)c1. The van der Waals surface area contributed by atoms with Gasteiger partial charge >= 0.3 is 6.61 Å². The number of nitrogens with zero attached hydrogens (tertiary/aromatic N) is 4. The number of nitrogens with two attached hydrogens (primary N) is 1. The van der Waals surface area contributed by atoms with Gasteiger partial charge in [0.05, 0.1) is 36.8 Å². The first-order chi connectivity index (χ1) is 18.3. The number of hydrogen-bond donors (Lipinski definition) is 3. The molecule has 2 aromatic heterocycles. The van der Waals surface area contributed by atoms with Crippen molar-refractivity contribution in [2.75, 3.05) is 17.7 Å². The summed E-state index contributed by atoms with van der Waals surface area (Å²) in [7, 11) is 1.50. The number of carbonyl (C=O) groups is 2. The van der Waals surface area contributed by atoms with Crippen molar-refractivity contribution >= 4 is 29.0 Å². The zero-order chi connectivity index (χ0) is 26.8. The number of rotatable bonds is 10. The third-order valence-electron chi connectivity index (χ3n) is 6.66. The molecule has 0 bridgehead atoms. The Kier molecular flexibility index (Phi) is 7.18. The second kappa shape index (κ2) is 10.7. The van der Waals surface area contributed by atoms with Crippen LogP contribution in [0.4, 0.5) is 26.0 Å². The average Bonchev–Trinajstić information content (AvgIpc) is 3.46. The smallest absolute Gasteiger partial charge is 0.345 e. The number of carbonyl (C=O) groups excluding carboxylic acids is 2. The number of hydrogen-bond acceptors (Lipinski definition) is 8. The summed E-state index contributed by atoms with van der Waals surface area (Å²) >= 11 is 0. The first-order valence-corrected chi connectivity index (χ1v) is 12.2. The molecule has 5 rings (SSSR count). The third kappa shape index (κ3) is 5.42. The molecule has 1 aromatic carbocycles. The van der Waals surface area contributed by atoms with Gasteiger partial charge in [-0.05, 0) is 38.2 Å². The van der Waals surface area contributed by atoms with Crippen LogP contribution >= 0.6 is 0 Å². The first kappa shape index (κ1) is 25.5. The molecule has 2 fully saturated rings. The van der Waals surface area contributed by atoms with Crippen LogP contribution < -0.4 is 21.1 Å². The van der Waals surface area contributed by atoms with Crippen molar-refractivity contribution in [2.24, 2.45) is 11.7 Å². The van der Waals surface area contributed by atoms with E-state index >= 15 is 0 Å². The Balaban J connectivity index is 1.43. The van der Waals surface area contributed by atoms with Gasteiger partial charge in [0.15, 0.2) is 11.5 Å². The fourth-order valence-electron chi connectivity index (χ4n) is 4.69. The number of amides is 2. The lowest BCUT2D eigenvalue weighted by atomic mass is 10.1. The largest absolute Gasteiger partial charge is 0.494 e. The highest BCUT2D eigenvalue weighted by atomic mass is 19.3. The summed E-state index contributed by atoms with van der Waals surface area (Å²) in [5, 5.41) is 18.0. The highest BCUT2D eigenvalue weighted by Gasteiger charge is 2.33. The lowest BCUT2D eigenvalue weighted by Crippen LogP contribution is -2.24. The quantitative estimate of drug-likeness (QED) is 0.360. The number of anilines is 3. The zero-order valence-electron chi connectivity index (χ0n) is 20.6. The summed E-state index contributed by atoms with van der Waals surface area (Å²) in [6, 6.07) is 6.54. The van der Waals surface area contributed by atoms with Crippen molar-refractivity contribution in [1.29, 1.82) is 0 Å². The number of primary amides is 1. The topological polar surface area (TPSA) is 146 Å². The molecule has 4 N–H and O–H groups in total. The van der Waals surface area contributed by atoms with E-state index in [-0.39, 0.29) is 35.1 Å². The number of para-hydroxylation sites is 1. The molecule has 0 aliphatic heterocycles. The molecule has 38 heavy (non-hydrogen) atoms. The Morgan fingerprint density at radius 2 is 1.97 bits per heavy atom. The van der Waals surface area contributed by atoms with E-state index in [1.165, 1.54) is 13.2 Å². The predicted octanol–water partition coefficient (Wildman–Crippen LogP) is 3.87. The minimum Gasteiger partial charge on any atom is -0.494 e. The lowest BCUT2D eigenvalue weighted by molar-refractivity contribution is -0.169. The van der Waals surface area contributed by atoms with Gasteiger partial charge in [-0.3, -0.25) is 14.3 Å². The molecule has 0 spiro atoms. The van der Waals surface area contributed by atoms with Gasteiger partial charge in [-0.15, -0.1) is 10.2 Å². The van der Waals surface area contributed by atoms with Gasteiger partial charge in [0.25, 0.3) is 5.91 Å². The van der Waals surface area contributed by atoms with Gasteiger partial charge < -0.3 is 25.8 Å².